The van der Waals surface area contributed by atoms with E-state index in [9.17, 15) is 4.39 Å². The van der Waals surface area contributed by atoms with Crippen LogP contribution in [0.4, 0.5) is 4.39 Å². The summed E-state index contributed by atoms with van der Waals surface area (Å²) < 4.78 is 18.6. The Labute approximate surface area is 117 Å². The van der Waals surface area contributed by atoms with Gasteiger partial charge in [0.05, 0.1) is 16.6 Å². The lowest BCUT2D eigenvalue weighted by molar-refractivity contribution is 0.561. The third-order valence-electron chi connectivity index (χ3n) is 2.62. The van der Waals surface area contributed by atoms with Crippen LogP contribution in [0.2, 0.25) is 0 Å². The molecule has 1 aromatic heterocycles. The maximum absolute atomic E-state index is 13.9. The maximum Gasteiger partial charge on any atom is 0.128 e. The van der Waals surface area contributed by atoms with Gasteiger partial charge >= 0.3 is 0 Å². The largest absolute Gasteiger partial charge is 0.271 e. The lowest BCUT2D eigenvalue weighted by Gasteiger charge is -2.16. The van der Waals surface area contributed by atoms with Crippen LogP contribution in [0.25, 0.3) is 0 Å². The molecule has 18 heavy (non-hydrogen) atoms. The average Bonchev–Trinajstić information content (AvgIpc) is 2.83. The molecule has 1 aromatic carbocycles. The molecule has 1 atom stereocenters. The molecule has 96 valence electrons. The van der Waals surface area contributed by atoms with Gasteiger partial charge in [0.15, 0.2) is 0 Å². The average molecular weight is 331 g/mol. The zero-order valence-electron chi connectivity index (χ0n) is 9.65. The molecule has 4 nitrogen and oxygen atoms in total. The second-order valence-electron chi connectivity index (χ2n) is 3.70. The Morgan fingerprint density at radius 1 is 1.56 bits per heavy atom. The summed E-state index contributed by atoms with van der Waals surface area (Å²) in [5.74, 6) is 5.25. The molecule has 0 saturated heterocycles. The SMILES string of the molecule is CCc1nnsc1C(NN)c1cc(Br)ccc1F. The number of nitrogens with two attached hydrogens (primary N) is 1. The topological polar surface area (TPSA) is 63.8 Å². The Kier molecular flexibility index (Phi) is 4.39. The van der Waals surface area contributed by atoms with E-state index < -0.39 is 6.04 Å². The molecular formula is C11H12BrFN4S. The van der Waals surface area contributed by atoms with Crippen molar-refractivity contribution < 1.29 is 4.39 Å². The van der Waals surface area contributed by atoms with E-state index in [2.05, 4.69) is 30.9 Å². The molecule has 2 rings (SSSR count). The van der Waals surface area contributed by atoms with Gasteiger partial charge in [-0.1, -0.05) is 27.3 Å². The lowest BCUT2D eigenvalue weighted by Crippen LogP contribution is -2.29. The van der Waals surface area contributed by atoms with E-state index in [-0.39, 0.29) is 5.82 Å². The Hall–Kier alpha value is -0.890. The van der Waals surface area contributed by atoms with Crippen molar-refractivity contribution in [3.05, 3.63) is 44.6 Å². The molecule has 1 unspecified atom stereocenters. The molecule has 0 aliphatic heterocycles. The van der Waals surface area contributed by atoms with Crippen LogP contribution >= 0.6 is 27.5 Å². The molecule has 0 aliphatic rings. The lowest BCUT2D eigenvalue weighted by atomic mass is 10.0. The number of hydrogen-bond donors (Lipinski definition) is 2. The van der Waals surface area contributed by atoms with Gasteiger partial charge in [-0.25, -0.2) is 9.82 Å². The summed E-state index contributed by atoms with van der Waals surface area (Å²) in [5.41, 5.74) is 3.95. The van der Waals surface area contributed by atoms with Gasteiger partial charge in [-0.2, -0.15) is 0 Å². The Morgan fingerprint density at radius 2 is 2.33 bits per heavy atom. The molecule has 7 heteroatoms. The van der Waals surface area contributed by atoms with Gasteiger partial charge in [0.1, 0.15) is 5.82 Å². The van der Waals surface area contributed by atoms with Crippen LogP contribution in [-0.4, -0.2) is 9.59 Å². The van der Waals surface area contributed by atoms with Crippen molar-refractivity contribution in [1.82, 2.24) is 15.0 Å². The third-order valence-corrected chi connectivity index (χ3v) is 3.94. The molecule has 0 fully saturated rings. The van der Waals surface area contributed by atoms with Gasteiger partial charge in [0.25, 0.3) is 0 Å². The smallest absolute Gasteiger partial charge is 0.128 e. The Morgan fingerprint density at radius 3 is 3.00 bits per heavy atom. The minimum absolute atomic E-state index is 0.309. The molecule has 0 saturated carbocycles. The minimum Gasteiger partial charge on any atom is -0.271 e. The summed E-state index contributed by atoms with van der Waals surface area (Å²) in [6.45, 7) is 1.98. The fourth-order valence-electron chi connectivity index (χ4n) is 1.72. The number of aromatic nitrogens is 2. The number of nitrogens with one attached hydrogen (secondary N) is 1. The van der Waals surface area contributed by atoms with Crippen LogP contribution < -0.4 is 11.3 Å². The van der Waals surface area contributed by atoms with Gasteiger partial charge < -0.3 is 0 Å². The fourth-order valence-corrected chi connectivity index (χ4v) is 2.92. The van der Waals surface area contributed by atoms with Crippen molar-refractivity contribution in [2.75, 3.05) is 0 Å². The summed E-state index contributed by atoms with van der Waals surface area (Å²) in [4.78, 5) is 0.844. The zero-order valence-corrected chi connectivity index (χ0v) is 12.1. The fraction of sp³-hybridized carbons (Fsp3) is 0.273. The standard InChI is InChI=1S/C11H12BrFN4S/c1-2-9-11(18-17-16-9)10(15-14)7-5-6(12)3-4-8(7)13/h3-5,10,15H,2,14H2,1H3. The molecule has 0 bridgehead atoms. The van der Waals surface area contributed by atoms with E-state index in [0.717, 1.165) is 21.5 Å². The predicted octanol–water partition coefficient (Wildman–Crippen LogP) is 2.55. The molecule has 0 radical (unpaired) electrons. The molecule has 0 amide bonds. The van der Waals surface area contributed by atoms with Gasteiger partial charge in [-0.15, -0.1) is 5.10 Å². The first kappa shape index (κ1) is 13.5. The maximum atomic E-state index is 13.9. The number of halogens is 2. The van der Waals surface area contributed by atoms with Gasteiger partial charge in [-0.05, 0) is 36.2 Å². The number of aryl methyl sites for hydroxylation is 1. The highest BCUT2D eigenvalue weighted by Gasteiger charge is 2.22. The van der Waals surface area contributed by atoms with Crippen molar-refractivity contribution >= 4 is 27.5 Å². The van der Waals surface area contributed by atoms with Crippen LogP contribution in [0, 0.1) is 5.82 Å². The minimum atomic E-state index is -0.433. The second-order valence-corrected chi connectivity index (χ2v) is 5.40. The molecule has 0 spiro atoms. The van der Waals surface area contributed by atoms with E-state index in [4.69, 9.17) is 5.84 Å². The Bertz CT molecular complexity index is 546. The van der Waals surface area contributed by atoms with E-state index >= 15 is 0 Å². The Balaban J connectivity index is 2.48. The summed E-state index contributed by atoms with van der Waals surface area (Å²) in [5, 5.41) is 4.02. The normalized spacial score (nSPS) is 12.7. The van der Waals surface area contributed by atoms with E-state index in [0.29, 0.717) is 5.56 Å². The van der Waals surface area contributed by atoms with E-state index in [1.54, 1.807) is 12.1 Å². The van der Waals surface area contributed by atoms with Crippen molar-refractivity contribution in [2.45, 2.75) is 19.4 Å². The quantitative estimate of drug-likeness (QED) is 0.668. The molecule has 1 heterocycles. The highest BCUT2D eigenvalue weighted by molar-refractivity contribution is 9.10. The summed E-state index contributed by atoms with van der Waals surface area (Å²) in [6, 6.07) is 4.33. The van der Waals surface area contributed by atoms with Gasteiger partial charge in [0.2, 0.25) is 0 Å². The predicted molar refractivity (Wildman–Crippen MR) is 72.6 cm³/mol. The highest BCUT2D eigenvalue weighted by Crippen LogP contribution is 2.30. The molecule has 0 aliphatic carbocycles. The van der Waals surface area contributed by atoms with Crippen LogP contribution in [0.1, 0.15) is 29.1 Å². The van der Waals surface area contributed by atoms with Crippen molar-refractivity contribution in [2.24, 2.45) is 5.84 Å². The number of rotatable bonds is 4. The number of benzene rings is 1. The van der Waals surface area contributed by atoms with Crippen LogP contribution in [-0.2, 0) is 6.42 Å². The number of hydrazine groups is 1. The van der Waals surface area contributed by atoms with Crippen LogP contribution in [0.5, 0.6) is 0 Å². The number of nitrogens with zero attached hydrogens (tertiary/aromatic N) is 2. The summed E-state index contributed by atoms with van der Waals surface area (Å²) in [7, 11) is 0. The first-order chi connectivity index (χ1) is 8.67. The third kappa shape index (κ3) is 2.59. The van der Waals surface area contributed by atoms with Crippen molar-refractivity contribution in [1.29, 1.82) is 0 Å². The summed E-state index contributed by atoms with van der Waals surface area (Å²) in [6.07, 6.45) is 0.736. The first-order valence-electron chi connectivity index (χ1n) is 5.39. The van der Waals surface area contributed by atoms with E-state index in [1.165, 1.54) is 17.6 Å². The van der Waals surface area contributed by atoms with Crippen molar-refractivity contribution in [3.63, 3.8) is 0 Å². The van der Waals surface area contributed by atoms with Crippen molar-refractivity contribution in [3.8, 4) is 0 Å². The summed E-state index contributed by atoms with van der Waals surface area (Å²) >= 11 is 4.56. The van der Waals surface area contributed by atoms with Crippen LogP contribution in [0.3, 0.4) is 0 Å². The van der Waals surface area contributed by atoms with Gasteiger partial charge in [0, 0.05) is 10.0 Å². The molecule has 2 aromatic rings. The zero-order chi connectivity index (χ0) is 13.1. The second kappa shape index (κ2) is 5.83. The monoisotopic (exact) mass is 330 g/mol. The molecular weight excluding hydrogens is 319 g/mol. The van der Waals surface area contributed by atoms with E-state index in [1.807, 2.05) is 6.92 Å². The first-order valence-corrected chi connectivity index (χ1v) is 6.96. The number of hydrogen-bond acceptors (Lipinski definition) is 5. The molecule has 3 N–H and O–H groups in total. The van der Waals surface area contributed by atoms with Crippen LogP contribution in [0.15, 0.2) is 22.7 Å². The van der Waals surface area contributed by atoms with Gasteiger partial charge in [-0.3, -0.25) is 5.84 Å². The highest BCUT2D eigenvalue weighted by atomic mass is 79.9.